The molecule has 4 nitrogen and oxygen atoms in total. The molecule has 2 N–H and O–H groups in total. The molecular weight excluding hydrogens is 269 g/mol. The Morgan fingerprint density at radius 1 is 1.38 bits per heavy atom. The molecule has 1 heterocycles. The summed E-state index contributed by atoms with van der Waals surface area (Å²) in [5.74, 6) is 1.11. The van der Waals surface area contributed by atoms with Gasteiger partial charge in [-0.2, -0.15) is 4.98 Å². The maximum absolute atomic E-state index is 13.5. The Morgan fingerprint density at radius 3 is 2.90 bits per heavy atom. The molecule has 5 heteroatoms. The van der Waals surface area contributed by atoms with E-state index < -0.39 is 5.54 Å². The Hall–Kier alpha value is -1.75. The van der Waals surface area contributed by atoms with Crippen LogP contribution >= 0.6 is 0 Å². The fourth-order valence-corrected chi connectivity index (χ4v) is 3.19. The first kappa shape index (κ1) is 14.2. The molecule has 1 fully saturated rings. The van der Waals surface area contributed by atoms with E-state index in [9.17, 15) is 4.39 Å². The van der Waals surface area contributed by atoms with Crippen LogP contribution in [0.5, 0.6) is 0 Å². The van der Waals surface area contributed by atoms with E-state index in [1.165, 1.54) is 18.6 Å². The predicted molar refractivity (Wildman–Crippen MR) is 77.9 cm³/mol. The van der Waals surface area contributed by atoms with Gasteiger partial charge in [0, 0.05) is 5.56 Å². The van der Waals surface area contributed by atoms with Crippen molar-refractivity contribution in [1.29, 1.82) is 0 Å². The summed E-state index contributed by atoms with van der Waals surface area (Å²) in [7, 11) is 0. The first-order valence-electron chi connectivity index (χ1n) is 7.37. The van der Waals surface area contributed by atoms with E-state index >= 15 is 0 Å². The fourth-order valence-electron chi connectivity index (χ4n) is 3.19. The molecule has 0 aliphatic heterocycles. The second kappa shape index (κ2) is 5.22. The molecule has 0 bridgehead atoms. The van der Waals surface area contributed by atoms with E-state index in [0.29, 0.717) is 23.2 Å². The molecule has 2 atom stereocenters. The van der Waals surface area contributed by atoms with Crippen molar-refractivity contribution in [3.05, 3.63) is 35.5 Å². The van der Waals surface area contributed by atoms with E-state index in [-0.39, 0.29) is 5.82 Å². The smallest absolute Gasteiger partial charge is 0.247 e. The molecule has 112 valence electrons. The van der Waals surface area contributed by atoms with E-state index in [2.05, 4.69) is 17.1 Å². The van der Waals surface area contributed by atoms with Crippen molar-refractivity contribution in [2.75, 3.05) is 0 Å². The summed E-state index contributed by atoms with van der Waals surface area (Å²) >= 11 is 0. The summed E-state index contributed by atoms with van der Waals surface area (Å²) in [6.45, 7) is 4.02. The van der Waals surface area contributed by atoms with Gasteiger partial charge >= 0.3 is 0 Å². The molecular formula is C16H20FN3O. The second-order valence-corrected chi connectivity index (χ2v) is 6.30. The minimum absolute atomic E-state index is 0.301. The quantitative estimate of drug-likeness (QED) is 0.918. The molecule has 1 aliphatic carbocycles. The third-order valence-corrected chi connectivity index (χ3v) is 4.18. The number of hydrogen-bond acceptors (Lipinski definition) is 4. The minimum atomic E-state index is -0.550. The van der Waals surface area contributed by atoms with Gasteiger partial charge in [-0.25, -0.2) is 4.39 Å². The number of benzene rings is 1. The lowest BCUT2D eigenvalue weighted by Gasteiger charge is -2.33. The lowest BCUT2D eigenvalue weighted by atomic mass is 9.77. The molecule has 2 aromatic rings. The van der Waals surface area contributed by atoms with E-state index in [1.54, 1.807) is 0 Å². The van der Waals surface area contributed by atoms with Crippen molar-refractivity contribution < 1.29 is 8.91 Å². The van der Waals surface area contributed by atoms with Gasteiger partial charge in [0.1, 0.15) is 5.82 Å². The number of aryl methyl sites for hydroxylation is 1. The number of nitrogens with two attached hydrogens (primary N) is 1. The van der Waals surface area contributed by atoms with Gasteiger partial charge in [0.2, 0.25) is 11.7 Å². The molecule has 0 saturated heterocycles. The Balaban J connectivity index is 1.92. The van der Waals surface area contributed by atoms with Crippen molar-refractivity contribution in [2.45, 2.75) is 45.1 Å². The van der Waals surface area contributed by atoms with Crippen LogP contribution in [0.3, 0.4) is 0 Å². The molecule has 1 aliphatic rings. The fraction of sp³-hybridized carbons (Fsp3) is 0.500. The highest BCUT2D eigenvalue weighted by Crippen LogP contribution is 2.37. The molecule has 2 unspecified atom stereocenters. The average molecular weight is 289 g/mol. The van der Waals surface area contributed by atoms with Crippen LogP contribution in [0.1, 0.15) is 44.1 Å². The van der Waals surface area contributed by atoms with Crippen LogP contribution in [-0.2, 0) is 5.54 Å². The summed E-state index contributed by atoms with van der Waals surface area (Å²) in [5, 5.41) is 3.98. The van der Waals surface area contributed by atoms with Crippen molar-refractivity contribution in [1.82, 2.24) is 10.1 Å². The van der Waals surface area contributed by atoms with E-state index in [1.807, 2.05) is 13.0 Å². The summed E-state index contributed by atoms with van der Waals surface area (Å²) in [4.78, 5) is 4.42. The summed E-state index contributed by atoms with van der Waals surface area (Å²) in [6, 6.07) is 4.72. The minimum Gasteiger partial charge on any atom is -0.337 e. The van der Waals surface area contributed by atoms with E-state index in [0.717, 1.165) is 24.8 Å². The van der Waals surface area contributed by atoms with Gasteiger partial charge in [0.05, 0.1) is 5.54 Å². The summed E-state index contributed by atoms with van der Waals surface area (Å²) < 4.78 is 18.9. The first-order valence-corrected chi connectivity index (χ1v) is 7.37. The molecule has 1 aromatic carbocycles. The monoisotopic (exact) mass is 289 g/mol. The number of halogens is 1. The third-order valence-electron chi connectivity index (χ3n) is 4.18. The topological polar surface area (TPSA) is 64.9 Å². The van der Waals surface area contributed by atoms with Crippen LogP contribution in [0.15, 0.2) is 22.7 Å². The number of nitrogens with zero attached hydrogens (tertiary/aromatic N) is 2. The van der Waals surface area contributed by atoms with Crippen molar-refractivity contribution in [2.24, 2.45) is 11.7 Å². The van der Waals surface area contributed by atoms with Gasteiger partial charge in [0.15, 0.2) is 0 Å². The lowest BCUT2D eigenvalue weighted by molar-refractivity contribution is 0.183. The number of rotatable bonds is 2. The normalized spacial score (nSPS) is 26.0. The highest BCUT2D eigenvalue weighted by atomic mass is 19.1. The number of aromatic nitrogens is 2. The Morgan fingerprint density at radius 2 is 2.19 bits per heavy atom. The van der Waals surface area contributed by atoms with E-state index in [4.69, 9.17) is 10.3 Å². The van der Waals surface area contributed by atoms with Crippen LogP contribution in [-0.4, -0.2) is 10.1 Å². The van der Waals surface area contributed by atoms with Crippen molar-refractivity contribution in [3.8, 4) is 11.4 Å². The largest absolute Gasteiger partial charge is 0.337 e. The predicted octanol–water partition coefficient (Wildman–Crippen LogP) is 3.55. The molecule has 3 rings (SSSR count). The standard InChI is InChI=1S/C16H20FN3O/c1-10-4-3-5-16(18,9-10)15-19-14(20-21-15)12-6-11(2)7-13(17)8-12/h6-8,10H,3-5,9,18H2,1-2H3. The van der Waals surface area contributed by atoms with Crippen molar-refractivity contribution >= 4 is 0 Å². The molecule has 0 amide bonds. The Bertz CT molecular complexity index is 634. The molecule has 21 heavy (non-hydrogen) atoms. The highest BCUT2D eigenvalue weighted by Gasteiger charge is 2.37. The zero-order valence-corrected chi connectivity index (χ0v) is 12.4. The first-order chi connectivity index (χ1) is 9.96. The maximum Gasteiger partial charge on any atom is 0.247 e. The summed E-state index contributed by atoms with van der Waals surface area (Å²) in [6.07, 6.45) is 3.94. The maximum atomic E-state index is 13.5. The molecule has 0 spiro atoms. The molecule has 0 radical (unpaired) electrons. The van der Waals surface area contributed by atoms with Crippen molar-refractivity contribution in [3.63, 3.8) is 0 Å². The van der Waals surface area contributed by atoms with Crippen LogP contribution in [0.2, 0.25) is 0 Å². The van der Waals surface area contributed by atoms with Crippen LogP contribution < -0.4 is 5.73 Å². The van der Waals surface area contributed by atoms with Crippen LogP contribution in [0.25, 0.3) is 11.4 Å². The Labute approximate surface area is 123 Å². The zero-order chi connectivity index (χ0) is 15.0. The number of hydrogen-bond donors (Lipinski definition) is 1. The average Bonchev–Trinajstić information content (AvgIpc) is 2.87. The lowest BCUT2D eigenvalue weighted by Crippen LogP contribution is -2.41. The van der Waals surface area contributed by atoms with Gasteiger partial charge in [-0.15, -0.1) is 0 Å². The molecule has 1 saturated carbocycles. The second-order valence-electron chi connectivity index (χ2n) is 6.30. The van der Waals surface area contributed by atoms with Crippen LogP contribution in [0, 0.1) is 18.7 Å². The van der Waals surface area contributed by atoms with Gasteiger partial charge in [-0.05, 0) is 49.4 Å². The summed E-state index contributed by atoms with van der Waals surface area (Å²) in [5.41, 5.74) is 7.35. The van der Waals surface area contributed by atoms with Crippen LogP contribution in [0.4, 0.5) is 4.39 Å². The van der Waals surface area contributed by atoms with Gasteiger partial charge in [-0.3, -0.25) is 0 Å². The third kappa shape index (κ3) is 2.83. The highest BCUT2D eigenvalue weighted by molar-refractivity contribution is 5.55. The van der Waals surface area contributed by atoms with Gasteiger partial charge in [0.25, 0.3) is 0 Å². The van der Waals surface area contributed by atoms with Gasteiger partial charge in [-0.1, -0.05) is 24.9 Å². The molecule has 1 aromatic heterocycles. The zero-order valence-electron chi connectivity index (χ0n) is 12.4. The SMILES string of the molecule is Cc1cc(F)cc(-c2noc(C3(N)CCCC(C)C3)n2)c1. The Kier molecular flexibility index (Phi) is 3.53. The van der Waals surface area contributed by atoms with Gasteiger partial charge < -0.3 is 10.3 Å².